The first-order valence-corrected chi connectivity index (χ1v) is 8.08. The second-order valence-electron chi connectivity index (χ2n) is 6.29. The minimum absolute atomic E-state index is 1.11. The van der Waals surface area contributed by atoms with Crippen LogP contribution < -0.4 is 0 Å². The summed E-state index contributed by atoms with van der Waals surface area (Å²) in [5.74, 6) is 0. The molecule has 0 fully saturated rings. The lowest BCUT2D eigenvalue weighted by Crippen LogP contribution is -1.92. The molecule has 0 spiro atoms. The van der Waals surface area contributed by atoms with Gasteiger partial charge >= 0.3 is 0 Å². The molecule has 0 heterocycles. The van der Waals surface area contributed by atoms with Gasteiger partial charge in [0.2, 0.25) is 0 Å². The predicted molar refractivity (Wildman–Crippen MR) is 92.6 cm³/mol. The SMILES string of the molecule is CCCCc1ccc(-c2ccc(C)c3c2C=C(C)C3)cc1. The number of fused-ring (bicyclic) bond motifs is 1. The fourth-order valence-corrected chi connectivity index (χ4v) is 3.23. The van der Waals surface area contributed by atoms with Gasteiger partial charge in [-0.1, -0.05) is 61.4 Å². The Bertz CT molecular complexity index is 672. The van der Waals surface area contributed by atoms with Gasteiger partial charge in [-0.15, -0.1) is 0 Å². The van der Waals surface area contributed by atoms with E-state index in [0.29, 0.717) is 0 Å². The van der Waals surface area contributed by atoms with Crippen LogP contribution in [-0.2, 0) is 12.8 Å². The molecule has 0 aliphatic heterocycles. The third-order valence-corrected chi connectivity index (χ3v) is 4.52. The van der Waals surface area contributed by atoms with Crippen molar-refractivity contribution < 1.29 is 0 Å². The lowest BCUT2D eigenvalue weighted by Gasteiger charge is -2.11. The highest BCUT2D eigenvalue weighted by Gasteiger charge is 2.16. The lowest BCUT2D eigenvalue weighted by molar-refractivity contribution is 0.795. The van der Waals surface area contributed by atoms with Crippen LogP contribution >= 0.6 is 0 Å². The Morgan fingerprint density at radius 2 is 1.71 bits per heavy atom. The smallest absolute Gasteiger partial charge is 0.00577 e. The van der Waals surface area contributed by atoms with Gasteiger partial charge in [0.25, 0.3) is 0 Å². The molecule has 1 aliphatic carbocycles. The van der Waals surface area contributed by atoms with Crippen LogP contribution in [0.25, 0.3) is 17.2 Å². The third kappa shape index (κ3) is 2.81. The number of allylic oxidation sites excluding steroid dienone is 1. The average molecular weight is 276 g/mol. The molecular formula is C21H24. The van der Waals surface area contributed by atoms with Gasteiger partial charge < -0.3 is 0 Å². The Balaban J connectivity index is 1.96. The fraction of sp³-hybridized carbons (Fsp3) is 0.333. The van der Waals surface area contributed by atoms with E-state index in [1.54, 1.807) is 0 Å². The van der Waals surface area contributed by atoms with E-state index in [-0.39, 0.29) is 0 Å². The maximum Gasteiger partial charge on any atom is -0.00577 e. The van der Waals surface area contributed by atoms with Crippen LogP contribution in [0.4, 0.5) is 0 Å². The van der Waals surface area contributed by atoms with Gasteiger partial charge in [-0.25, -0.2) is 0 Å². The summed E-state index contributed by atoms with van der Waals surface area (Å²) >= 11 is 0. The van der Waals surface area contributed by atoms with E-state index in [0.717, 1.165) is 6.42 Å². The van der Waals surface area contributed by atoms with Gasteiger partial charge in [0.15, 0.2) is 0 Å². The molecule has 0 bridgehead atoms. The van der Waals surface area contributed by atoms with Crippen LogP contribution in [0.15, 0.2) is 42.0 Å². The maximum absolute atomic E-state index is 2.36. The van der Waals surface area contributed by atoms with Crippen LogP contribution in [0.3, 0.4) is 0 Å². The number of hydrogen-bond donors (Lipinski definition) is 0. The van der Waals surface area contributed by atoms with Crippen molar-refractivity contribution in [3.8, 4) is 11.1 Å². The molecule has 0 aromatic heterocycles. The molecule has 0 amide bonds. The van der Waals surface area contributed by atoms with E-state index < -0.39 is 0 Å². The Kier molecular flexibility index (Phi) is 3.96. The van der Waals surface area contributed by atoms with E-state index in [2.05, 4.69) is 63.2 Å². The quantitative estimate of drug-likeness (QED) is 0.646. The second-order valence-corrected chi connectivity index (χ2v) is 6.29. The summed E-state index contributed by atoms with van der Waals surface area (Å²) in [7, 11) is 0. The molecule has 0 unspecified atom stereocenters. The average Bonchev–Trinajstić information content (AvgIpc) is 2.89. The number of aryl methyl sites for hydroxylation is 2. The summed E-state index contributed by atoms with van der Waals surface area (Å²) in [5.41, 5.74) is 10.0. The second kappa shape index (κ2) is 5.89. The van der Waals surface area contributed by atoms with Crippen molar-refractivity contribution in [3.05, 3.63) is 64.2 Å². The summed E-state index contributed by atoms with van der Waals surface area (Å²) in [6, 6.07) is 13.7. The van der Waals surface area contributed by atoms with Crippen molar-refractivity contribution >= 4 is 6.08 Å². The molecule has 2 aromatic carbocycles. The first-order chi connectivity index (χ1) is 10.2. The van der Waals surface area contributed by atoms with Gasteiger partial charge in [-0.2, -0.15) is 0 Å². The Labute approximate surface area is 128 Å². The molecule has 2 aromatic rings. The molecular weight excluding hydrogens is 252 g/mol. The first kappa shape index (κ1) is 14.1. The monoisotopic (exact) mass is 276 g/mol. The van der Waals surface area contributed by atoms with Crippen molar-refractivity contribution in [2.45, 2.75) is 46.5 Å². The molecule has 1 aliphatic rings. The lowest BCUT2D eigenvalue weighted by atomic mass is 9.93. The van der Waals surface area contributed by atoms with Crippen molar-refractivity contribution in [2.75, 3.05) is 0 Å². The molecule has 0 nitrogen and oxygen atoms in total. The summed E-state index contributed by atoms with van der Waals surface area (Å²) < 4.78 is 0. The molecule has 0 saturated heterocycles. The van der Waals surface area contributed by atoms with Crippen molar-refractivity contribution in [3.63, 3.8) is 0 Å². The summed E-state index contributed by atoms with van der Waals surface area (Å²) in [5, 5.41) is 0. The van der Waals surface area contributed by atoms with Gasteiger partial charge in [0, 0.05) is 0 Å². The Hall–Kier alpha value is -1.82. The van der Waals surface area contributed by atoms with E-state index in [9.17, 15) is 0 Å². The summed E-state index contributed by atoms with van der Waals surface area (Å²) in [4.78, 5) is 0. The minimum atomic E-state index is 1.11. The zero-order chi connectivity index (χ0) is 14.8. The number of hydrogen-bond acceptors (Lipinski definition) is 0. The minimum Gasteiger partial charge on any atom is -0.0683 e. The number of rotatable bonds is 4. The molecule has 3 rings (SSSR count). The van der Waals surface area contributed by atoms with E-state index in [1.165, 1.54) is 58.2 Å². The molecule has 108 valence electrons. The Morgan fingerprint density at radius 3 is 2.43 bits per heavy atom. The van der Waals surface area contributed by atoms with Gasteiger partial charge in [0.05, 0.1) is 0 Å². The van der Waals surface area contributed by atoms with Crippen molar-refractivity contribution in [1.82, 2.24) is 0 Å². The van der Waals surface area contributed by atoms with Gasteiger partial charge in [0.1, 0.15) is 0 Å². The van der Waals surface area contributed by atoms with Gasteiger partial charge in [-0.3, -0.25) is 0 Å². The van der Waals surface area contributed by atoms with Gasteiger partial charge in [-0.05, 0) is 66.5 Å². The van der Waals surface area contributed by atoms with E-state index in [1.807, 2.05) is 0 Å². The maximum atomic E-state index is 2.36. The van der Waals surface area contributed by atoms with Crippen LogP contribution in [0.5, 0.6) is 0 Å². The largest absolute Gasteiger partial charge is 0.0683 e. The summed E-state index contributed by atoms with van der Waals surface area (Å²) in [6.07, 6.45) is 7.21. The predicted octanol–water partition coefficient (Wildman–Crippen LogP) is 5.96. The van der Waals surface area contributed by atoms with E-state index >= 15 is 0 Å². The molecule has 0 heteroatoms. The molecule has 21 heavy (non-hydrogen) atoms. The standard InChI is InChI=1S/C21H24/c1-4-5-6-17-8-10-18(11-9-17)19-12-7-16(3)20-13-15(2)14-21(19)20/h7-12,14H,4-6,13H2,1-3H3. The number of unbranched alkanes of at least 4 members (excludes halogenated alkanes) is 1. The summed E-state index contributed by atoms with van der Waals surface area (Å²) in [6.45, 7) is 6.71. The van der Waals surface area contributed by atoms with Crippen LogP contribution in [0.1, 0.15) is 48.9 Å². The van der Waals surface area contributed by atoms with Crippen LogP contribution in [0.2, 0.25) is 0 Å². The van der Waals surface area contributed by atoms with Crippen LogP contribution in [-0.4, -0.2) is 0 Å². The molecule has 0 N–H and O–H groups in total. The first-order valence-electron chi connectivity index (χ1n) is 8.08. The zero-order valence-electron chi connectivity index (χ0n) is 13.4. The number of benzene rings is 2. The van der Waals surface area contributed by atoms with Crippen LogP contribution in [0, 0.1) is 6.92 Å². The highest BCUT2D eigenvalue weighted by molar-refractivity contribution is 5.81. The zero-order valence-corrected chi connectivity index (χ0v) is 13.4. The Morgan fingerprint density at radius 1 is 0.952 bits per heavy atom. The highest BCUT2D eigenvalue weighted by Crippen LogP contribution is 2.35. The molecule has 0 saturated carbocycles. The van der Waals surface area contributed by atoms with Crippen molar-refractivity contribution in [2.24, 2.45) is 0 Å². The molecule has 0 radical (unpaired) electrons. The molecule has 0 atom stereocenters. The fourth-order valence-electron chi connectivity index (χ4n) is 3.23. The highest BCUT2D eigenvalue weighted by atomic mass is 14.2. The topological polar surface area (TPSA) is 0 Å². The third-order valence-electron chi connectivity index (χ3n) is 4.52. The van der Waals surface area contributed by atoms with Crippen molar-refractivity contribution in [1.29, 1.82) is 0 Å². The normalized spacial score (nSPS) is 13.2. The van der Waals surface area contributed by atoms with E-state index in [4.69, 9.17) is 0 Å².